The van der Waals surface area contributed by atoms with Crippen LogP contribution in [0.1, 0.15) is 5.56 Å². The van der Waals surface area contributed by atoms with Crippen LogP contribution in [0, 0.1) is 6.92 Å². The number of fused-ring (bicyclic) bond motifs is 2. The van der Waals surface area contributed by atoms with Crippen molar-refractivity contribution in [2.45, 2.75) is 6.92 Å². The Labute approximate surface area is 130 Å². The number of hydrogen-bond donors (Lipinski definition) is 1. The molecule has 106 valence electrons. The number of benzene rings is 4. The van der Waals surface area contributed by atoms with Gasteiger partial charge in [0, 0.05) is 16.8 Å². The Balaban J connectivity index is 1.81. The van der Waals surface area contributed by atoms with Crippen molar-refractivity contribution < 1.29 is 0 Å². The molecule has 0 atom stereocenters. The van der Waals surface area contributed by atoms with Crippen LogP contribution in [0.4, 0.5) is 11.4 Å². The lowest BCUT2D eigenvalue weighted by Crippen LogP contribution is -1.92. The van der Waals surface area contributed by atoms with E-state index in [9.17, 15) is 0 Å². The fourth-order valence-corrected chi connectivity index (χ4v) is 2.98. The van der Waals surface area contributed by atoms with Crippen LogP contribution in [0.25, 0.3) is 21.5 Å². The first kappa shape index (κ1) is 12.9. The van der Waals surface area contributed by atoms with E-state index in [0.29, 0.717) is 0 Å². The predicted octanol–water partition coefficient (Wildman–Crippen LogP) is 6.05. The summed E-state index contributed by atoms with van der Waals surface area (Å²) in [6.07, 6.45) is 0. The van der Waals surface area contributed by atoms with Gasteiger partial charge in [0.2, 0.25) is 0 Å². The summed E-state index contributed by atoms with van der Waals surface area (Å²) >= 11 is 0. The third-order valence-corrected chi connectivity index (χ3v) is 4.17. The average molecular weight is 283 g/mol. The second-order valence-corrected chi connectivity index (χ2v) is 5.66. The number of rotatable bonds is 2. The normalized spacial score (nSPS) is 11.0. The monoisotopic (exact) mass is 283 g/mol. The fraction of sp³-hybridized carbons (Fsp3) is 0.0476. The summed E-state index contributed by atoms with van der Waals surface area (Å²) < 4.78 is 0. The molecular formula is C21H17N. The van der Waals surface area contributed by atoms with Gasteiger partial charge in [0.15, 0.2) is 0 Å². The number of aryl methyl sites for hydroxylation is 1. The van der Waals surface area contributed by atoms with Gasteiger partial charge in [-0.3, -0.25) is 0 Å². The zero-order valence-corrected chi connectivity index (χ0v) is 12.5. The smallest absolute Gasteiger partial charge is 0.0464 e. The van der Waals surface area contributed by atoms with Crippen LogP contribution in [-0.4, -0.2) is 0 Å². The van der Waals surface area contributed by atoms with Crippen molar-refractivity contribution in [2.24, 2.45) is 0 Å². The number of hydrogen-bond acceptors (Lipinski definition) is 1. The van der Waals surface area contributed by atoms with E-state index < -0.39 is 0 Å². The average Bonchev–Trinajstić information content (AvgIpc) is 2.58. The molecule has 4 rings (SSSR count). The van der Waals surface area contributed by atoms with Crippen LogP contribution in [0.3, 0.4) is 0 Å². The Morgan fingerprint density at radius 1 is 0.636 bits per heavy atom. The van der Waals surface area contributed by atoms with E-state index in [-0.39, 0.29) is 0 Å². The summed E-state index contributed by atoms with van der Waals surface area (Å²) in [7, 11) is 0. The molecule has 1 N–H and O–H groups in total. The summed E-state index contributed by atoms with van der Waals surface area (Å²) in [4.78, 5) is 0. The van der Waals surface area contributed by atoms with E-state index in [4.69, 9.17) is 0 Å². The van der Waals surface area contributed by atoms with Crippen molar-refractivity contribution >= 4 is 32.9 Å². The van der Waals surface area contributed by atoms with Crippen LogP contribution < -0.4 is 5.32 Å². The van der Waals surface area contributed by atoms with Crippen LogP contribution in [-0.2, 0) is 0 Å². The molecule has 4 aromatic rings. The summed E-state index contributed by atoms with van der Waals surface area (Å²) in [5.74, 6) is 0. The molecular weight excluding hydrogens is 266 g/mol. The molecule has 0 saturated carbocycles. The molecule has 0 heterocycles. The SMILES string of the molecule is Cc1ccc(Nc2ccc3ccccc3c2)c2ccccc12. The van der Waals surface area contributed by atoms with Crippen LogP contribution >= 0.6 is 0 Å². The summed E-state index contributed by atoms with van der Waals surface area (Å²) in [6, 6.07) is 27.8. The lowest BCUT2D eigenvalue weighted by Gasteiger charge is -2.12. The van der Waals surface area contributed by atoms with Crippen molar-refractivity contribution in [3.63, 3.8) is 0 Å². The van der Waals surface area contributed by atoms with Crippen LogP contribution in [0.5, 0.6) is 0 Å². The maximum atomic E-state index is 3.57. The Hall–Kier alpha value is -2.80. The zero-order valence-electron chi connectivity index (χ0n) is 12.5. The molecule has 0 radical (unpaired) electrons. The van der Waals surface area contributed by atoms with Gasteiger partial charge in [-0.15, -0.1) is 0 Å². The van der Waals surface area contributed by atoms with E-state index in [2.05, 4.69) is 91.1 Å². The quantitative estimate of drug-likeness (QED) is 0.472. The minimum absolute atomic E-state index is 1.12. The second kappa shape index (κ2) is 5.19. The van der Waals surface area contributed by atoms with Gasteiger partial charge in [-0.05, 0) is 46.8 Å². The summed E-state index contributed by atoms with van der Waals surface area (Å²) in [5.41, 5.74) is 3.57. The van der Waals surface area contributed by atoms with Crippen molar-refractivity contribution in [1.29, 1.82) is 0 Å². The van der Waals surface area contributed by atoms with Crippen molar-refractivity contribution in [3.05, 3.63) is 84.4 Å². The van der Waals surface area contributed by atoms with Crippen molar-refractivity contribution in [1.82, 2.24) is 0 Å². The first-order valence-corrected chi connectivity index (χ1v) is 7.55. The molecule has 0 fully saturated rings. The molecule has 0 saturated heterocycles. The molecule has 0 aliphatic heterocycles. The molecule has 1 nitrogen and oxygen atoms in total. The van der Waals surface area contributed by atoms with E-state index in [1.807, 2.05) is 0 Å². The standard InChI is InChI=1S/C21H17N/c1-15-10-13-21(20-9-5-4-8-19(15)20)22-18-12-11-16-6-2-3-7-17(16)14-18/h2-14,22H,1H3. The molecule has 0 unspecified atom stereocenters. The minimum Gasteiger partial charge on any atom is -0.355 e. The number of nitrogens with one attached hydrogen (secondary N) is 1. The Morgan fingerprint density at radius 3 is 2.23 bits per heavy atom. The molecule has 0 spiro atoms. The van der Waals surface area contributed by atoms with Gasteiger partial charge in [-0.2, -0.15) is 0 Å². The predicted molar refractivity (Wildman–Crippen MR) is 95.9 cm³/mol. The van der Waals surface area contributed by atoms with Crippen molar-refractivity contribution in [2.75, 3.05) is 5.32 Å². The lowest BCUT2D eigenvalue weighted by atomic mass is 10.0. The molecule has 0 aliphatic carbocycles. The molecule has 4 aromatic carbocycles. The Bertz CT molecular complexity index is 970. The molecule has 0 amide bonds. The van der Waals surface area contributed by atoms with Crippen molar-refractivity contribution in [3.8, 4) is 0 Å². The molecule has 1 heteroatoms. The van der Waals surface area contributed by atoms with Gasteiger partial charge in [0.25, 0.3) is 0 Å². The molecule has 0 aromatic heterocycles. The van der Waals surface area contributed by atoms with Crippen LogP contribution in [0.15, 0.2) is 78.9 Å². The van der Waals surface area contributed by atoms with Gasteiger partial charge in [-0.1, -0.05) is 60.7 Å². The largest absolute Gasteiger partial charge is 0.355 e. The summed E-state index contributed by atoms with van der Waals surface area (Å²) in [5, 5.41) is 8.64. The third kappa shape index (κ3) is 2.21. The number of anilines is 2. The molecule has 22 heavy (non-hydrogen) atoms. The molecule has 0 bridgehead atoms. The van der Waals surface area contributed by atoms with E-state index in [1.165, 1.54) is 27.1 Å². The lowest BCUT2D eigenvalue weighted by molar-refractivity contribution is 1.51. The second-order valence-electron chi connectivity index (χ2n) is 5.66. The van der Waals surface area contributed by atoms with Crippen LogP contribution in [0.2, 0.25) is 0 Å². The van der Waals surface area contributed by atoms with Gasteiger partial charge in [-0.25, -0.2) is 0 Å². The zero-order chi connectivity index (χ0) is 14.9. The van der Waals surface area contributed by atoms with E-state index in [0.717, 1.165) is 11.4 Å². The Kier molecular flexibility index (Phi) is 3.05. The first-order valence-electron chi connectivity index (χ1n) is 7.55. The fourth-order valence-electron chi connectivity index (χ4n) is 2.98. The highest BCUT2D eigenvalue weighted by atomic mass is 14.9. The first-order chi connectivity index (χ1) is 10.8. The Morgan fingerprint density at radius 2 is 1.36 bits per heavy atom. The van der Waals surface area contributed by atoms with Gasteiger partial charge < -0.3 is 5.32 Å². The minimum atomic E-state index is 1.12. The maximum Gasteiger partial charge on any atom is 0.0464 e. The third-order valence-electron chi connectivity index (χ3n) is 4.17. The highest BCUT2D eigenvalue weighted by Gasteiger charge is 2.04. The van der Waals surface area contributed by atoms with Gasteiger partial charge in [0.05, 0.1) is 0 Å². The molecule has 0 aliphatic rings. The van der Waals surface area contributed by atoms with E-state index in [1.54, 1.807) is 0 Å². The summed E-state index contributed by atoms with van der Waals surface area (Å²) in [6.45, 7) is 2.15. The van der Waals surface area contributed by atoms with Gasteiger partial charge >= 0.3 is 0 Å². The van der Waals surface area contributed by atoms with E-state index >= 15 is 0 Å². The topological polar surface area (TPSA) is 12.0 Å². The maximum absolute atomic E-state index is 3.57. The van der Waals surface area contributed by atoms with Gasteiger partial charge in [0.1, 0.15) is 0 Å². The highest BCUT2D eigenvalue weighted by molar-refractivity contribution is 5.98. The highest BCUT2D eigenvalue weighted by Crippen LogP contribution is 2.29.